The van der Waals surface area contributed by atoms with Crippen LogP contribution < -0.4 is 5.32 Å². The maximum absolute atomic E-state index is 11.7. The molecule has 0 spiro atoms. The van der Waals surface area contributed by atoms with Crippen molar-refractivity contribution in [2.45, 2.75) is 51.6 Å². The highest BCUT2D eigenvalue weighted by Gasteiger charge is 2.25. The van der Waals surface area contributed by atoms with Gasteiger partial charge in [-0.1, -0.05) is 37.3 Å². The lowest BCUT2D eigenvalue weighted by atomic mass is 9.87. The van der Waals surface area contributed by atoms with E-state index in [0.717, 1.165) is 35.8 Å². The number of aromatic nitrogens is 2. The van der Waals surface area contributed by atoms with Crippen LogP contribution in [0.1, 0.15) is 59.7 Å². The fraction of sp³-hybridized carbons (Fsp3) is 0.385. The lowest BCUT2D eigenvalue weighted by Gasteiger charge is -2.27. The number of benzene rings is 2. The number of methoxy groups -OCH3 is 1. The Hall–Kier alpha value is -2.92. The molecule has 2 aliphatic carbocycles. The number of hydrogen-bond donors (Lipinski definition) is 2. The van der Waals surface area contributed by atoms with Gasteiger partial charge in [0.05, 0.1) is 24.1 Å². The van der Waals surface area contributed by atoms with Gasteiger partial charge in [0.15, 0.2) is 0 Å². The quantitative estimate of drug-likeness (QED) is 0.445. The maximum Gasteiger partial charge on any atom is 0.337 e. The Bertz CT molecular complexity index is 1090. The number of H-pyrrole nitrogens is 1. The first kappa shape index (κ1) is 20.0. The normalized spacial score (nSPS) is 19.7. The highest BCUT2D eigenvalue weighted by Crippen LogP contribution is 2.40. The zero-order valence-corrected chi connectivity index (χ0v) is 18.2. The smallest absolute Gasteiger partial charge is 0.337 e. The van der Waals surface area contributed by atoms with Crippen LogP contribution in [0.2, 0.25) is 0 Å². The topological polar surface area (TPSA) is 67.0 Å². The minimum Gasteiger partial charge on any atom is -0.465 e. The maximum atomic E-state index is 11.7. The first-order chi connectivity index (χ1) is 15.1. The number of hydrogen-bond acceptors (Lipinski definition) is 4. The van der Waals surface area contributed by atoms with Crippen LogP contribution in [0, 0.1) is 5.92 Å². The van der Waals surface area contributed by atoms with Crippen LogP contribution in [0.3, 0.4) is 0 Å². The third-order valence-electron chi connectivity index (χ3n) is 6.86. The van der Waals surface area contributed by atoms with E-state index in [9.17, 15) is 4.79 Å². The molecule has 3 aromatic rings. The summed E-state index contributed by atoms with van der Waals surface area (Å²) >= 11 is 0. The molecule has 2 N–H and O–H groups in total. The van der Waals surface area contributed by atoms with Crippen LogP contribution in [0.4, 0.5) is 0 Å². The number of nitrogens with zero attached hydrogens (tertiary/aromatic N) is 1. The molecule has 1 saturated carbocycles. The Morgan fingerprint density at radius 1 is 1.13 bits per heavy atom. The van der Waals surface area contributed by atoms with Crippen molar-refractivity contribution < 1.29 is 9.53 Å². The number of aromatic amines is 1. The van der Waals surface area contributed by atoms with E-state index < -0.39 is 0 Å². The van der Waals surface area contributed by atoms with E-state index in [2.05, 4.69) is 40.6 Å². The first-order valence-corrected chi connectivity index (χ1v) is 11.2. The number of rotatable bonds is 5. The summed E-state index contributed by atoms with van der Waals surface area (Å²) in [5.41, 5.74) is 8.80. The molecule has 160 valence electrons. The van der Waals surface area contributed by atoms with E-state index in [4.69, 9.17) is 4.74 Å². The van der Waals surface area contributed by atoms with Crippen LogP contribution in [0.15, 0.2) is 42.5 Å². The number of fused-ring (bicyclic) bond motifs is 3. The monoisotopic (exact) mass is 415 g/mol. The van der Waals surface area contributed by atoms with Crippen molar-refractivity contribution in [1.29, 1.82) is 0 Å². The minimum atomic E-state index is -0.324. The summed E-state index contributed by atoms with van der Waals surface area (Å²) in [6.45, 7) is 3.29. The lowest BCUT2D eigenvalue weighted by Crippen LogP contribution is -2.32. The molecule has 2 aliphatic rings. The van der Waals surface area contributed by atoms with Gasteiger partial charge in [-0.2, -0.15) is 5.10 Å². The molecule has 5 nitrogen and oxygen atoms in total. The van der Waals surface area contributed by atoms with E-state index in [1.807, 2.05) is 12.1 Å². The van der Waals surface area contributed by atoms with E-state index in [0.29, 0.717) is 11.6 Å². The molecule has 2 aromatic carbocycles. The van der Waals surface area contributed by atoms with Crippen molar-refractivity contribution in [1.82, 2.24) is 15.5 Å². The van der Waals surface area contributed by atoms with E-state index in [1.165, 1.54) is 55.0 Å². The molecule has 0 bridgehead atoms. The van der Waals surface area contributed by atoms with Gasteiger partial charge in [-0.3, -0.25) is 5.10 Å². The van der Waals surface area contributed by atoms with Gasteiger partial charge in [0.1, 0.15) is 0 Å². The van der Waals surface area contributed by atoms with E-state index in [1.54, 1.807) is 12.1 Å². The van der Waals surface area contributed by atoms with Crippen molar-refractivity contribution in [3.05, 3.63) is 64.7 Å². The zero-order chi connectivity index (χ0) is 21.4. The Morgan fingerprint density at radius 3 is 2.65 bits per heavy atom. The Balaban J connectivity index is 1.31. The van der Waals surface area contributed by atoms with Gasteiger partial charge in [0, 0.05) is 35.7 Å². The molecule has 0 radical (unpaired) electrons. The van der Waals surface area contributed by atoms with Gasteiger partial charge in [-0.25, -0.2) is 4.79 Å². The minimum absolute atomic E-state index is 0.324. The fourth-order valence-corrected chi connectivity index (χ4v) is 4.94. The van der Waals surface area contributed by atoms with Crippen molar-refractivity contribution in [3.8, 4) is 22.5 Å². The van der Waals surface area contributed by atoms with Crippen LogP contribution in [-0.4, -0.2) is 29.3 Å². The molecule has 0 amide bonds. The molecule has 5 rings (SSSR count). The summed E-state index contributed by atoms with van der Waals surface area (Å²) in [6, 6.07) is 14.9. The van der Waals surface area contributed by atoms with Gasteiger partial charge in [-0.15, -0.1) is 0 Å². The lowest BCUT2D eigenvalue weighted by molar-refractivity contribution is 0.0601. The predicted molar refractivity (Wildman–Crippen MR) is 122 cm³/mol. The molecule has 5 heteroatoms. The highest BCUT2D eigenvalue weighted by molar-refractivity contribution is 5.90. The highest BCUT2D eigenvalue weighted by atomic mass is 16.5. The average molecular weight is 416 g/mol. The Labute approximate surface area is 183 Å². The van der Waals surface area contributed by atoms with Crippen molar-refractivity contribution in [2.24, 2.45) is 5.92 Å². The SMILES string of the molecule is COC(=O)c1ccc(-c2n[nH]c3c2Cc2cc(CNC4CCC(C)CC4)ccc2-3)cc1. The summed E-state index contributed by atoms with van der Waals surface area (Å²) < 4.78 is 4.79. The number of esters is 1. The second kappa shape index (κ2) is 8.31. The average Bonchev–Trinajstić information content (AvgIpc) is 3.37. The molecule has 1 aromatic heterocycles. The number of ether oxygens (including phenoxy) is 1. The van der Waals surface area contributed by atoms with E-state index in [-0.39, 0.29) is 5.97 Å². The third kappa shape index (κ3) is 3.90. The first-order valence-electron chi connectivity index (χ1n) is 11.2. The van der Waals surface area contributed by atoms with Crippen LogP contribution in [0.5, 0.6) is 0 Å². The molecule has 0 aliphatic heterocycles. The molecule has 31 heavy (non-hydrogen) atoms. The Kier molecular flexibility index (Phi) is 5.36. The molecule has 0 unspecified atom stereocenters. The Morgan fingerprint density at radius 2 is 1.90 bits per heavy atom. The second-order valence-electron chi connectivity index (χ2n) is 9.00. The van der Waals surface area contributed by atoms with Gasteiger partial charge in [0.25, 0.3) is 0 Å². The molecular weight excluding hydrogens is 386 g/mol. The summed E-state index contributed by atoms with van der Waals surface area (Å²) in [6.07, 6.45) is 6.14. The van der Waals surface area contributed by atoms with Crippen LogP contribution in [0.25, 0.3) is 22.5 Å². The number of carbonyl (C=O) groups is 1. The van der Waals surface area contributed by atoms with Crippen molar-refractivity contribution in [2.75, 3.05) is 7.11 Å². The van der Waals surface area contributed by atoms with Crippen LogP contribution in [-0.2, 0) is 17.7 Å². The third-order valence-corrected chi connectivity index (χ3v) is 6.86. The van der Waals surface area contributed by atoms with Gasteiger partial charge in [0.2, 0.25) is 0 Å². The van der Waals surface area contributed by atoms with Gasteiger partial charge in [-0.05, 0) is 54.9 Å². The standard InChI is InChI=1S/C26H29N3O2/c1-16-3-10-21(11-4-16)27-15-17-5-12-22-20(13-17)14-23-24(28-29-25(22)23)18-6-8-19(9-7-18)26(30)31-2/h5-9,12-13,16,21,27H,3-4,10-11,14-15H2,1-2H3,(H,28,29). The molecule has 0 atom stereocenters. The molecule has 1 fully saturated rings. The summed E-state index contributed by atoms with van der Waals surface area (Å²) in [4.78, 5) is 11.7. The molecular formula is C26H29N3O2. The van der Waals surface area contributed by atoms with Crippen molar-refractivity contribution >= 4 is 5.97 Å². The van der Waals surface area contributed by atoms with Crippen LogP contribution >= 0.6 is 0 Å². The summed E-state index contributed by atoms with van der Waals surface area (Å²) in [5, 5.41) is 11.6. The predicted octanol–water partition coefficient (Wildman–Crippen LogP) is 5.10. The number of nitrogens with one attached hydrogen (secondary N) is 2. The van der Waals surface area contributed by atoms with E-state index >= 15 is 0 Å². The second-order valence-corrected chi connectivity index (χ2v) is 9.00. The summed E-state index contributed by atoms with van der Waals surface area (Å²) in [5.74, 6) is 0.557. The number of carbonyl (C=O) groups excluding carboxylic acids is 1. The summed E-state index contributed by atoms with van der Waals surface area (Å²) in [7, 11) is 1.40. The largest absolute Gasteiger partial charge is 0.465 e. The molecule has 1 heterocycles. The fourth-order valence-electron chi connectivity index (χ4n) is 4.94. The molecule has 0 saturated heterocycles. The van der Waals surface area contributed by atoms with Crippen molar-refractivity contribution in [3.63, 3.8) is 0 Å². The van der Waals surface area contributed by atoms with Gasteiger partial charge >= 0.3 is 5.97 Å². The van der Waals surface area contributed by atoms with Gasteiger partial charge < -0.3 is 10.1 Å². The zero-order valence-electron chi connectivity index (χ0n) is 18.2.